The number of hydrogen-bond acceptors (Lipinski definition) is 6. The Hall–Kier alpha value is -2.28. The third-order valence-electron chi connectivity index (χ3n) is 3.47. The molecule has 1 N–H and O–H groups in total. The second-order valence-electron chi connectivity index (χ2n) is 5.04. The maximum absolute atomic E-state index is 13.6. The summed E-state index contributed by atoms with van der Waals surface area (Å²) in [6.07, 6.45) is 1.49. The van der Waals surface area contributed by atoms with Gasteiger partial charge in [-0.3, -0.25) is 0 Å². The Bertz CT molecular complexity index is 612. The first-order valence-corrected chi connectivity index (χ1v) is 6.87. The lowest BCUT2D eigenvalue weighted by Gasteiger charge is -2.32. The van der Waals surface area contributed by atoms with Crippen LogP contribution in [0.4, 0.5) is 21.8 Å². The molecule has 2 heterocycles. The third kappa shape index (κ3) is 3.25. The molecule has 0 atom stereocenters. The summed E-state index contributed by atoms with van der Waals surface area (Å²) in [5.41, 5.74) is 0.377. The minimum Gasteiger partial charge on any atom is -0.337 e. The SMILES string of the molecule is CN1CCN(c2nncc(Nc3ccccc3F)n2)CC1. The van der Waals surface area contributed by atoms with E-state index in [1.807, 2.05) is 0 Å². The molecule has 21 heavy (non-hydrogen) atoms. The Balaban J connectivity index is 1.76. The van der Waals surface area contributed by atoms with Gasteiger partial charge in [0.25, 0.3) is 0 Å². The molecule has 0 radical (unpaired) electrons. The van der Waals surface area contributed by atoms with Gasteiger partial charge in [-0.25, -0.2) is 4.39 Å². The number of hydrogen-bond donors (Lipinski definition) is 1. The Kier molecular flexibility index (Phi) is 3.92. The molecular weight excluding hydrogens is 271 g/mol. The predicted molar refractivity (Wildman–Crippen MR) is 79.2 cm³/mol. The van der Waals surface area contributed by atoms with Crippen molar-refractivity contribution in [2.24, 2.45) is 0 Å². The molecule has 110 valence electrons. The van der Waals surface area contributed by atoms with Crippen molar-refractivity contribution in [3.05, 3.63) is 36.3 Å². The standard InChI is InChI=1S/C14H17FN6/c1-20-6-8-21(9-7-20)14-18-13(10-16-19-14)17-12-5-3-2-4-11(12)15/h2-5,10H,6-9H2,1H3,(H,17,18,19). The number of likely N-dealkylation sites (N-methyl/N-ethyl adjacent to an activating group) is 1. The fraction of sp³-hybridized carbons (Fsp3) is 0.357. The molecule has 0 aliphatic carbocycles. The number of aromatic nitrogens is 3. The van der Waals surface area contributed by atoms with Gasteiger partial charge in [0, 0.05) is 26.2 Å². The molecule has 3 rings (SSSR count). The van der Waals surface area contributed by atoms with E-state index in [0.717, 1.165) is 26.2 Å². The smallest absolute Gasteiger partial charge is 0.247 e. The normalized spacial score (nSPS) is 16.0. The number of halogens is 1. The number of nitrogens with one attached hydrogen (secondary N) is 1. The van der Waals surface area contributed by atoms with Gasteiger partial charge < -0.3 is 15.1 Å². The highest BCUT2D eigenvalue weighted by Crippen LogP contribution is 2.19. The topological polar surface area (TPSA) is 57.2 Å². The van der Waals surface area contributed by atoms with Crippen LogP contribution in [0.3, 0.4) is 0 Å². The molecule has 1 fully saturated rings. The van der Waals surface area contributed by atoms with E-state index in [-0.39, 0.29) is 5.82 Å². The van der Waals surface area contributed by atoms with Gasteiger partial charge in [0.1, 0.15) is 5.82 Å². The zero-order valence-corrected chi connectivity index (χ0v) is 11.8. The summed E-state index contributed by atoms with van der Waals surface area (Å²) < 4.78 is 13.6. The van der Waals surface area contributed by atoms with Crippen molar-refractivity contribution in [3.8, 4) is 0 Å². The fourth-order valence-corrected chi connectivity index (χ4v) is 2.20. The molecule has 7 heteroatoms. The summed E-state index contributed by atoms with van der Waals surface area (Å²) in [6.45, 7) is 3.66. The quantitative estimate of drug-likeness (QED) is 0.924. The average molecular weight is 288 g/mol. The molecular formula is C14H17FN6. The second-order valence-corrected chi connectivity index (χ2v) is 5.04. The maximum atomic E-state index is 13.6. The Morgan fingerprint density at radius 1 is 1.14 bits per heavy atom. The molecule has 0 bridgehead atoms. The van der Waals surface area contributed by atoms with Crippen LogP contribution in [0.5, 0.6) is 0 Å². The van der Waals surface area contributed by atoms with Gasteiger partial charge in [-0.15, -0.1) is 5.10 Å². The summed E-state index contributed by atoms with van der Waals surface area (Å²) in [5.74, 6) is 0.741. The first-order valence-electron chi connectivity index (χ1n) is 6.87. The van der Waals surface area contributed by atoms with Gasteiger partial charge in [0.05, 0.1) is 11.9 Å². The van der Waals surface area contributed by atoms with E-state index in [9.17, 15) is 4.39 Å². The van der Waals surface area contributed by atoms with Gasteiger partial charge in [-0.05, 0) is 19.2 Å². The summed E-state index contributed by atoms with van der Waals surface area (Å²) in [6, 6.07) is 6.47. The van der Waals surface area contributed by atoms with Gasteiger partial charge in [0.2, 0.25) is 5.95 Å². The van der Waals surface area contributed by atoms with Crippen LogP contribution in [0.25, 0.3) is 0 Å². The van der Waals surface area contributed by atoms with Crippen molar-refractivity contribution >= 4 is 17.5 Å². The van der Waals surface area contributed by atoms with Gasteiger partial charge >= 0.3 is 0 Å². The molecule has 1 aromatic carbocycles. The number of benzene rings is 1. The number of rotatable bonds is 3. The minimum absolute atomic E-state index is 0.322. The summed E-state index contributed by atoms with van der Waals surface area (Å²) >= 11 is 0. The number of piperazine rings is 1. The van der Waals surface area contributed by atoms with E-state index in [1.165, 1.54) is 12.3 Å². The van der Waals surface area contributed by atoms with E-state index >= 15 is 0 Å². The third-order valence-corrected chi connectivity index (χ3v) is 3.47. The Labute approximate surface area is 122 Å². The van der Waals surface area contributed by atoms with Crippen LogP contribution in [0.2, 0.25) is 0 Å². The van der Waals surface area contributed by atoms with Crippen LogP contribution in [-0.4, -0.2) is 53.3 Å². The van der Waals surface area contributed by atoms with Crippen LogP contribution < -0.4 is 10.2 Å². The highest BCUT2D eigenvalue weighted by molar-refractivity contribution is 5.56. The second kappa shape index (κ2) is 6.01. The number of para-hydroxylation sites is 1. The lowest BCUT2D eigenvalue weighted by Crippen LogP contribution is -2.45. The van der Waals surface area contributed by atoms with Crippen molar-refractivity contribution in [1.82, 2.24) is 20.1 Å². The summed E-state index contributed by atoms with van der Waals surface area (Å²) in [4.78, 5) is 8.75. The van der Waals surface area contributed by atoms with E-state index in [4.69, 9.17) is 0 Å². The molecule has 2 aromatic rings. The first-order chi connectivity index (χ1) is 10.2. The summed E-state index contributed by atoms with van der Waals surface area (Å²) in [5, 5.41) is 11.0. The molecule has 6 nitrogen and oxygen atoms in total. The molecule has 0 unspecified atom stereocenters. The molecule has 0 saturated carbocycles. The van der Waals surface area contributed by atoms with Crippen molar-refractivity contribution in [2.75, 3.05) is 43.4 Å². The largest absolute Gasteiger partial charge is 0.337 e. The van der Waals surface area contributed by atoms with Crippen LogP contribution >= 0.6 is 0 Å². The van der Waals surface area contributed by atoms with E-state index in [1.54, 1.807) is 18.2 Å². The Morgan fingerprint density at radius 3 is 2.67 bits per heavy atom. The van der Waals surface area contributed by atoms with Crippen molar-refractivity contribution in [3.63, 3.8) is 0 Å². The number of anilines is 3. The Morgan fingerprint density at radius 2 is 1.90 bits per heavy atom. The lowest BCUT2D eigenvalue weighted by atomic mass is 10.3. The van der Waals surface area contributed by atoms with Crippen molar-refractivity contribution < 1.29 is 4.39 Å². The zero-order valence-electron chi connectivity index (χ0n) is 11.8. The molecule has 1 aliphatic rings. The van der Waals surface area contributed by atoms with Gasteiger partial charge in [-0.1, -0.05) is 12.1 Å². The maximum Gasteiger partial charge on any atom is 0.247 e. The van der Waals surface area contributed by atoms with E-state index in [2.05, 4.69) is 37.3 Å². The highest BCUT2D eigenvalue weighted by Gasteiger charge is 2.17. The van der Waals surface area contributed by atoms with Gasteiger partial charge in [-0.2, -0.15) is 10.1 Å². The predicted octanol–water partition coefficient (Wildman–Crippen LogP) is 1.51. The molecule has 0 amide bonds. The van der Waals surface area contributed by atoms with Crippen LogP contribution in [0, 0.1) is 5.82 Å². The van der Waals surface area contributed by atoms with Crippen LogP contribution in [0.15, 0.2) is 30.5 Å². The van der Waals surface area contributed by atoms with Crippen molar-refractivity contribution in [2.45, 2.75) is 0 Å². The molecule has 1 saturated heterocycles. The fourth-order valence-electron chi connectivity index (χ4n) is 2.20. The molecule has 1 aliphatic heterocycles. The number of nitrogens with zero attached hydrogens (tertiary/aromatic N) is 5. The monoisotopic (exact) mass is 288 g/mol. The van der Waals surface area contributed by atoms with Crippen LogP contribution in [0.1, 0.15) is 0 Å². The van der Waals surface area contributed by atoms with Crippen molar-refractivity contribution in [1.29, 1.82) is 0 Å². The highest BCUT2D eigenvalue weighted by atomic mass is 19.1. The zero-order chi connectivity index (χ0) is 14.7. The average Bonchev–Trinajstić information content (AvgIpc) is 2.51. The summed E-state index contributed by atoms with van der Waals surface area (Å²) in [7, 11) is 2.09. The van der Waals surface area contributed by atoms with E-state index in [0.29, 0.717) is 17.5 Å². The van der Waals surface area contributed by atoms with Crippen LogP contribution in [-0.2, 0) is 0 Å². The van der Waals surface area contributed by atoms with Gasteiger partial charge in [0.15, 0.2) is 5.82 Å². The molecule has 1 aromatic heterocycles. The lowest BCUT2D eigenvalue weighted by molar-refractivity contribution is 0.311. The minimum atomic E-state index is -0.322. The molecule has 0 spiro atoms. The van der Waals surface area contributed by atoms with E-state index < -0.39 is 0 Å². The first kappa shape index (κ1) is 13.7.